The zero-order chi connectivity index (χ0) is 9.19. The van der Waals surface area contributed by atoms with Gasteiger partial charge in [0, 0.05) is 0 Å². The van der Waals surface area contributed by atoms with Crippen molar-refractivity contribution in [2.45, 2.75) is 44.6 Å². The van der Waals surface area contributed by atoms with Crippen LogP contribution in [0.2, 0.25) is 0 Å². The Balaban J connectivity index is 2.62. The van der Waals surface area contributed by atoms with Crippen molar-refractivity contribution in [1.29, 1.82) is 0 Å². The zero-order valence-electron chi connectivity index (χ0n) is 7.42. The summed E-state index contributed by atoms with van der Waals surface area (Å²) in [5, 5.41) is 18.7. The van der Waals surface area contributed by atoms with Gasteiger partial charge in [0.15, 0.2) is 0 Å². The lowest BCUT2D eigenvalue weighted by Crippen LogP contribution is -2.42. The molecule has 0 bridgehead atoms. The average Bonchev–Trinajstić information content (AvgIpc) is 2.04. The normalized spacial score (nSPS) is 24.8. The molecule has 1 aliphatic carbocycles. The highest BCUT2D eigenvalue weighted by Crippen LogP contribution is 2.34. The van der Waals surface area contributed by atoms with Gasteiger partial charge in [-0.25, -0.2) is 0 Å². The molecule has 2 N–H and O–H groups in total. The highest BCUT2D eigenvalue weighted by molar-refractivity contribution is 5.71. The van der Waals surface area contributed by atoms with Gasteiger partial charge in [-0.1, -0.05) is 19.3 Å². The van der Waals surface area contributed by atoms with E-state index in [2.05, 4.69) is 0 Å². The topological polar surface area (TPSA) is 57.5 Å². The van der Waals surface area contributed by atoms with Gasteiger partial charge in [0.2, 0.25) is 0 Å². The summed E-state index contributed by atoms with van der Waals surface area (Å²) in [5.41, 5.74) is -0.940. The maximum absolute atomic E-state index is 10.6. The first-order chi connectivity index (χ1) is 5.56. The molecule has 1 aliphatic rings. The molecule has 0 aromatic rings. The van der Waals surface area contributed by atoms with Gasteiger partial charge in [0.1, 0.15) is 0 Å². The Labute approximate surface area is 72.4 Å². The molecule has 0 aliphatic heterocycles. The van der Waals surface area contributed by atoms with Gasteiger partial charge in [-0.15, -0.1) is 0 Å². The van der Waals surface area contributed by atoms with Crippen LogP contribution in [0.15, 0.2) is 0 Å². The van der Waals surface area contributed by atoms with Gasteiger partial charge < -0.3 is 10.2 Å². The third-order valence-electron chi connectivity index (χ3n) is 2.90. The number of carbonyl (C=O) groups is 1. The first kappa shape index (κ1) is 9.52. The van der Waals surface area contributed by atoms with E-state index in [9.17, 15) is 9.90 Å². The van der Waals surface area contributed by atoms with E-state index in [0.717, 1.165) is 19.3 Å². The largest absolute Gasteiger partial charge is 0.481 e. The van der Waals surface area contributed by atoms with Crippen LogP contribution in [0.25, 0.3) is 0 Å². The first-order valence-electron chi connectivity index (χ1n) is 4.51. The number of rotatable bonds is 2. The van der Waals surface area contributed by atoms with Gasteiger partial charge in [-0.3, -0.25) is 4.79 Å². The van der Waals surface area contributed by atoms with Crippen molar-refractivity contribution in [3.63, 3.8) is 0 Å². The minimum Gasteiger partial charge on any atom is -0.481 e. The number of hydrogen-bond donors (Lipinski definition) is 2. The van der Waals surface area contributed by atoms with Crippen LogP contribution >= 0.6 is 0 Å². The summed E-state index contributed by atoms with van der Waals surface area (Å²) in [6.07, 6.45) is 4.30. The van der Waals surface area contributed by atoms with Crippen LogP contribution in [-0.2, 0) is 4.79 Å². The van der Waals surface area contributed by atoms with Crippen LogP contribution in [0.1, 0.15) is 39.0 Å². The predicted octanol–water partition coefficient (Wildman–Crippen LogP) is 1.40. The number of hydrogen-bond acceptors (Lipinski definition) is 2. The van der Waals surface area contributed by atoms with Crippen molar-refractivity contribution in [3.05, 3.63) is 0 Å². The highest BCUT2D eigenvalue weighted by Gasteiger charge is 2.38. The average molecular weight is 172 g/mol. The quantitative estimate of drug-likeness (QED) is 0.662. The summed E-state index contributed by atoms with van der Waals surface area (Å²) in [5.74, 6) is -1.52. The summed E-state index contributed by atoms with van der Waals surface area (Å²) in [7, 11) is 0. The fourth-order valence-corrected chi connectivity index (χ4v) is 1.83. The summed E-state index contributed by atoms with van der Waals surface area (Å²) < 4.78 is 0. The maximum atomic E-state index is 10.6. The standard InChI is InChI=1S/C9H16O3/c1-7(8(10)11)9(12)5-3-2-4-6-9/h7,12H,2-6H2,1H3,(H,10,11)/t7-/m1/s1. The van der Waals surface area contributed by atoms with E-state index in [1.165, 1.54) is 0 Å². The molecule has 1 fully saturated rings. The van der Waals surface area contributed by atoms with Crippen LogP contribution < -0.4 is 0 Å². The molecule has 12 heavy (non-hydrogen) atoms. The molecule has 0 spiro atoms. The van der Waals surface area contributed by atoms with Crippen LogP contribution in [0, 0.1) is 5.92 Å². The molecule has 1 atom stereocenters. The number of aliphatic carboxylic acids is 1. The third-order valence-corrected chi connectivity index (χ3v) is 2.90. The molecule has 3 nitrogen and oxygen atoms in total. The van der Waals surface area contributed by atoms with Crippen molar-refractivity contribution in [2.24, 2.45) is 5.92 Å². The van der Waals surface area contributed by atoms with E-state index in [-0.39, 0.29) is 0 Å². The van der Waals surface area contributed by atoms with Gasteiger partial charge in [-0.05, 0) is 19.8 Å². The van der Waals surface area contributed by atoms with E-state index in [1.54, 1.807) is 6.92 Å². The first-order valence-corrected chi connectivity index (χ1v) is 4.51. The molecular formula is C9H16O3. The number of carboxylic acid groups (broad SMARTS) is 1. The minimum absolute atomic E-state index is 0.627. The SMILES string of the molecule is C[C@H](C(=O)O)C1(O)CCCCC1. The predicted molar refractivity (Wildman–Crippen MR) is 44.8 cm³/mol. The molecule has 0 amide bonds. The van der Waals surface area contributed by atoms with E-state index < -0.39 is 17.5 Å². The van der Waals surface area contributed by atoms with Crippen molar-refractivity contribution in [1.82, 2.24) is 0 Å². The van der Waals surface area contributed by atoms with E-state index in [4.69, 9.17) is 5.11 Å². The van der Waals surface area contributed by atoms with Crippen molar-refractivity contribution in [2.75, 3.05) is 0 Å². The second-order valence-electron chi connectivity index (χ2n) is 3.72. The summed E-state index contributed by atoms with van der Waals surface area (Å²) in [4.78, 5) is 10.6. The Hall–Kier alpha value is -0.570. The summed E-state index contributed by atoms with van der Waals surface area (Å²) >= 11 is 0. The lowest BCUT2D eigenvalue weighted by Gasteiger charge is -2.35. The Morgan fingerprint density at radius 2 is 1.83 bits per heavy atom. The molecule has 1 rings (SSSR count). The molecule has 0 radical (unpaired) electrons. The summed E-state index contributed by atoms with van der Waals surface area (Å²) in [6, 6.07) is 0. The molecule has 0 heterocycles. The Morgan fingerprint density at radius 1 is 1.33 bits per heavy atom. The Morgan fingerprint density at radius 3 is 2.25 bits per heavy atom. The molecule has 0 aromatic heterocycles. The van der Waals surface area contributed by atoms with Gasteiger partial charge >= 0.3 is 5.97 Å². The van der Waals surface area contributed by atoms with Gasteiger partial charge in [0.05, 0.1) is 11.5 Å². The molecule has 0 unspecified atom stereocenters. The van der Waals surface area contributed by atoms with Crippen LogP contribution in [-0.4, -0.2) is 21.8 Å². The monoisotopic (exact) mass is 172 g/mol. The van der Waals surface area contributed by atoms with Crippen LogP contribution in [0.5, 0.6) is 0 Å². The van der Waals surface area contributed by atoms with E-state index in [1.807, 2.05) is 0 Å². The van der Waals surface area contributed by atoms with Crippen molar-refractivity contribution in [3.8, 4) is 0 Å². The maximum Gasteiger partial charge on any atom is 0.309 e. The second-order valence-corrected chi connectivity index (χ2v) is 3.72. The molecule has 3 heteroatoms. The smallest absolute Gasteiger partial charge is 0.309 e. The van der Waals surface area contributed by atoms with Crippen LogP contribution in [0.3, 0.4) is 0 Å². The van der Waals surface area contributed by atoms with E-state index >= 15 is 0 Å². The lowest BCUT2D eigenvalue weighted by molar-refractivity contribution is -0.153. The summed E-state index contributed by atoms with van der Waals surface area (Å²) in [6.45, 7) is 1.59. The molecule has 70 valence electrons. The van der Waals surface area contributed by atoms with Crippen molar-refractivity contribution < 1.29 is 15.0 Å². The third kappa shape index (κ3) is 1.78. The number of aliphatic hydroxyl groups is 1. The zero-order valence-corrected chi connectivity index (χ0v) is 7.42. The highest BCUT2D eigenvalue weighted by atomic mass is 16.4. The second kappa shape index (κ2) is 3.44. The Kier molecular flexibility index (Phi) is 2.73. The van der Waals surface area contributed by atoms with Gasteiger partial charge in [-0.2, -0.15) is 0 Å². The number of carboxylic acids is 1. The molecule has 1 saturated carbocycles. The molecule has 0 saturated heterocycles. The minimum atomic E-state index is -0.940. The lowest BCUT2D eigenvalue weighted by atomic mass is 9.76. The fraction of sp³-hybridized carbons (Fsp3) is 0.889. The van der Waals surface area contributed by atoms with Crippen molar-refractivity contribution >= 4 is 5.97 Å². The molecule has 0 aromatic carbocycles. The molecular weight excluding hydrogens is 156 g/mol. The fourth-order valence-electron chi connectivity index (χ4n) is 1.83. The van der Waals surface area contributed by atoms with Crippen LogP contribution in [0.4, 0.5) is 0 Å². The van der Waals surface area contributed by atoms with Gasteiger partial charge in [0.25, 0.3) is 0 Å². The Bertz CT molecular complexity index is 171. The van der Waals surface area contributed by atoms with E-state index in [0.29, 0.717) is 12.8 Å².